The van der Waals surface area contributed by atoms with Gasteiger partial charge in [0.05, 0.1) is 23.4 Å². The predicted octanol–water partition coefficient (Wildman–Crippen LogP) is 2.45. The highest BCUT2D eigenvalue weighted by Crippen LogP contribution is 2.38. The maximum absolute atomic E-state index is 12.0. The highest BCUT2D eigenvalue weighted by atomic mass is 35.5. The molecule has 0 saturated carbocycles. The van der Waals surface area contributed by atoms with E-state index in [4.69, 9.17) is 27.2 Å². The Bertz CT molecular complexity index is 522. The number of nitrogens with two attached hydrogens (primary N) is 1. The Morgan fingerprint density at radius 2 is 2.33 bits per heavy atom. The van der Waals surface area contributed by atoms with Gasteiger partial charge in [0.1, 0.15) is 0 Å². The fourth-order valence-electron chi connectivity index (χ4n) is 2.93. The zero-order valence-corrected chi connectivity index (χ0v) is 12.9. The second-order valence-electron chi connectivity index (χ2n) is 5.25. The van der Waals surface area contributed by atoms with Crippen molar-refractivity contribution in [2.45, 2.75) is 31.7 Å². The number of methoxy groups -OCH3 is 1. The molecule has 1 saturated heterocycles. The van der Waals surface area contributed by atoms with Crippen molar-refractivity contribution in [1.29, 1.82) is 0 Å². The van der Waals surface area contributed by atoms with Crippen LogP contribution >= 0.6 is 11.6 Å². The largest absolute Gasteiger partial charge is 0.465 e. The Morgan fingerprint density at radius 1 is 1.57 bits per heavy atom. The van der Waals surface area contributed by atoms with Gasteiger partial charge in [0.15, 0.2) is 0 Å². The van der Waals surface area contributed by atoms with Gasteiger partial charge < -0.3 is 20.5 Å². The first kappa shape index (κ1) is 15.9. The molecule has 1 aliphatic heterocycles. The number of carbonyl (C=O) groups excluding carboxylic acids is 1. The van der Waals surface area contributed by atoms with Gasteiger partial charge >= 0.3 is 5.97 Å². The number of aliphatic hydroxyl groups is 1. The van der Waals surface area contributed by atoms with E-state index in [-0.39, 0.29) is 12.6 Å². The lowest BCUT2D eigenvalue weighted by molar-refractivity contribution is 0.0601. The second kappa shape index (κ2) is 7.00. The van der Waals surface area contributed by atoms with Crippen molar-refractivity contribution in [2.24, 2.45) is 0 Å². The third-order valence-electron chi connectivity index (χ3n) is 3.85. The van der Waals surface area contributed by atoms with E-state index in [1.165, 1.54) is 7.11 Å². The average Bonchev–Trinajstić information content (AvgIpc) is 2.91. The van der Waals surface area contributed by atoms with Crippen molar-refractivity contribution >= 4 is 28.9 Å². The van der Waals surface area contributed by atoms with Crippen LogP contribution in [0.2, 0.25) is 5.02 Å². The van der Waals surface area contributed by atoms with Crippen LogP contribution in [0.3, 0.4) is 0 Å². The van der Waals surface area contributed by atoms with Crippen LogP contribution in [0.1, 0.15) is 36.0 Å². The molecule has 0 amide bonds. The number of benzene rings is 1. The number of anilines is 2. The Balaban J connectivity index is 2.39. The van der Waals surface area contributed by atoms with E-state index >= 15 is 0 Å². The molecular formula is C15H21ClN2O3. The van der Waals surface area contributed by atoms with Gasteiger partial charge in [-0.1, -0.05) is 11.6 Å². The first-order valence-corrected chi connectivity index (χ1v) is 7.51. The number of hydrogen-bond donors (Lipinski definition) is 2. The van der Waals surface area contributed by atoms with Crippen molar-refractivity contribution < 1.29 is 14.6 Å². The Morgan fingerprint density at radius 3 is 3.00 bits per heavy atom. The quantitative estimate of drug-likeness (QED) is 0.645. The fraction of sp³-hybridized carbons (Fsp3) is 0.533. The van der Waals surface area contributed by atoms with E-state index in [9.17, 15) is 4.79 Å². The summed E-state index contributed by atoms with van der Waals surface area (Å²) < 4.78 is 4.84. The summed E-state index contributed by atoms with van der Waals surface area (Å²) in [5.41, 5.74) is 7.32. The summed E-state index contributed by atoms with van der Waals surface area (Å²) in [5, 5.41) is 9.48. The molecule has 0 radical (unpaired) electrons. The summed E-state index contributed by atoms with van der Waals surface area (Å²) in [6, 6.07) is 3.54. The number of rotatable bonds is 5. The number of nitrogen functional groups attached to an aromatic ring is 1. The fourth-order valence-corrected chi connectivity index (χ4v) is 3.27. The number of aliphatic hydroxyl groups excluding tert-OH is 1. The Kier molecular flexibility index (Phi) is 5.31. The maximum atomic E-state index is 12.0. The second-order valence-corrected chi connectivity index (χ2v) is 5.65. The van der Waals surface area contributed by atoms with Gasteiger partial charge in [-0.25, -0.2) is 4.79 Å². The molecule has 1 aromatic rings. The molecule has 1 heterocycles. The smallest absolute Gasteiger partial charge is 0.340 e. The number of hydrogen-bond acceptors (Lipinski definition) is 5. The molecular weight excluding hydrogens is 292 g/mol. The van der Waals surface area contributed by atoms with Crippen LogP contribution in [0, 0.1) is 0 Å². The van der Waals surface area contributed by atoms with E-state index in [1.54, 1.807) is 12.1 Å². The minimum atomic E-state index is -0.438. The normalized spacial score (nSPS) is 18.0. The van der Waals surface area contributed by atoms with Crippen LogP contribution < -0.4 is 10.6 Å². The topological polar surface area (TPSA) is 75.8 Å². The first-order valence-electron chi connectivity index (χ1n) is 7.13. The Hall–Kier alpha value is -1.46. The lowest BCUT2D eigenvalue weighted by Crippen LogP contribution is -2.31. The molecule has 1 atom stereocenters. The molecule has 1 fully saturated rings. The number of carbonyl (C=O) groups is 1. The van der Waals surface area contributed by atoms with Gasteiger partial charge in [0.25, 0.3) is 0 Å². The summed E-state index contributed by atoms with van der Waals surface area (Å²) in [4.78, 5) is 14.2. The lowest BCUT2D eigenvalue weighted by Gasteiger charge is -2.29. The van der Waals surface area contributed by atoms with Crippen LogP contribution in [0.15, 0.2) is 12.1 Å². The van der Waals surface area contributed by atoms with Crippen LogP contribution in [0.5, 0.6) is 0 Å². The summed E-state index contributed by atoms with van der Waals surface area (Å²) >= 11 is 6.34. The number of ether oxygens (including phenoxy) is 1. The van der Waals surface area contributed by atoms with Gasteiger partial charge in [0, 0.05) is 24.9 Å². The minimum absolute atomic E-state index is 0.170. The molecule has 1 aromatic carbocycles. The minimum Gasteiger partial charge on any atom is -0.465 e. The van der Waals surface area contributed by atoms with E-state index in [2.05, 4.69) is 4.90 Å². The van der Waals surface area contributed by atoms with Gasteiger partial charge in [-0.3, -0.25) is 0 Å². The standard InChI is InChI=1S/C15H21ClN2O3/c1-21-15(20)12-8-10(17)9-13(16)14(12)18-6-2-4-11(18)5-3-7-19/h8-9,11,19H,2-7,17H2,1H3. The SMILES string of the molecule is COC(=O)c1cc(N)cc(Cl)c1N1CCCC1CCCO. The predicted molar refractivity (Wildman–Crippen MR) is 83.9 cm³/mol. The summed E-state index contributed by atoms with van der Waals surface area (Å²) in [5.74, 6) is -0.438. The molecule has 6 heteroatoms. The molecule has 3 N–H and O–H groups in total. The molecule has 116 valence electrons. The zero-order chi connectivity index (χ0) is 15.4. The molecule has 1 aliphatic rings. The van der Waals surface area contributed by atoms with E-state index in [1.807, 2.05) is 0 Å². The number of halogens is 1. The van der Waals surface area contributed by atoms with Crippen molar-refractivity contribution in [3.63, 3.8) is 0 Å². The third-order valence-corrected chi connectivity index (χ3v) is 4.14. The van der Waals surface area contributed by atoms with Gasteiger partial charge in [-0.15, -0.1) is 0 Å². The molecule has 0 bridgehead atoms. The molecule has 21 heavy (non-hydrogen) atoms. The third kappa shape index (κ3) is 3.41. The summed E-state index contributed by atoms with van der Waals surface area (Å²) in [6.07, 6.45) is 3.68. The molecule has 0 aliphatic carbocycles. The van der Waals surface area contributed by atoms with E-state index in [0.717, 1.165) is 32.2 Å². The molecule has 5 nitrogen and oxygen atoms in total. The van der Waals surface area contributed by atoms with Crippen molar-refractivity contribution in [1.82, 2.24) is 0 Å². The van der Waals surface area contributed by atoms with Crippen molar-refractivity contribution in [3.8, 4) is 0 Å². The van der Waals surface area contributed by atoms with Crippen LogP contribution in [-0.2, 0) is 4.74 Å². The average molecular weight is 313 g/mol. The van der Waals surface area contributed by atoms with Crippen molar-refractivity contribution in [3.05, 3.63) is 22.7 Å². The first-order chi connectivity index (χ1) is 10.1. The Labute approximate surface area is 129 Å². The van der Waals surface area contributed by atoms with Crippen LogP contribution in [-0.4, -0.2) is 37.4 Å². The number of nitrogens with zero attached hydrogens (tertiary/aromatic N) is 1. The summed E-state index contributed by atoms with van der Waals surface area (Å²) in [7, 11) is 1.34. The van der Waals surface area contributed by atoms with Crippen molar-refractivity contribution in [2.75, 3.05) is 30.9 Å². The molecule has 2 rings (SSSR count). The van der Waals surface area contributed by atoms with Gasteiger partial charge in [-0.2, -0.15) is 0 Å². The van der Waals surface area contributed by atoms with Gasteiger partial charge in [-0.05, 0) is 37.8 Å². The van der Waals surface area contributed by atoms with E-state index < -0.39 is 5.97 Å². The highest BCUT2D eigenvalue weighted by molar-refractivity contribution is 6.34. The molecule has 0 spiro atoms. The molecule has 0 aromatic heterocycles. The maximum Gasteiger partial charge on any atom is 0.340 e. The van der Waals surface area contributed by atoms with Crippen LogP contribution in [0.25, 0.3) is 0 Å². The lowest BCUT2D eigenvalue weighted by atomic mass is 10.1. The summed E-state index contributed by atoms with van der Waals surface area (Å²) in [6.45, 7) is 1.01. The van der Waals surface area contributed by atoms with Crippen LogP contribution in [0.4, 0.5) is 11.4 Å². The molecule has 1 unspecified atom stereocenters. The zero-order valence-electron chi connectivity index (χ0n) is 12.1. The van der Waals surface area contributed by atoms with E-state index in [0.29, 0.717) is 22.0 Å². The number of esters is 1. The highest BCUT2D eigenvalue weighted by Gasteiger charge is 2.30. The monoisotopic (exact) mass is 312 g/mol. The van der Waals surface area contributed by atoms with Gasteiger partial charge in [0.2, 0.25) is 0 Å².